The minimum atomic E-state index is -3.86. The molecule has 0 atom stereocenters. The summed E-state index contributed by atoms with van der Waals surface area (Å²) in [7, 11) is -3.86. The van der Waals surface area contributed by atoms with Crippen molar-refractivity contribution >= 4 is 26.9 Å². The summed E-state index contributed by atoms with van der Waals surface area (Å²) in [6.07, 6.45) is -0.946. The predicted octanol–water partition coefficient (Wildman–Crippen LogP) is 2.59. The number of fused-ring (bicyclic) bond motifs is 1. The Hall–Kier alpha value is -2.59. The second-order valence-electron chi connectivity index (χ2n) is 6.76. The van der Waals surface area contributed by atoms with Gasteiger partial charge in [0.25, 0.3) is 5.92 Å². The summed E-state index contributed by atoms with van der Waals surface area (Å²) in [4.78, 5) is 4.51. The number of aromatic amines is 1. The van der Waals surface area contributed by atoms with E-state index in [1.165, 1.54) is 12.1 Å². The monoisotopic (exact) mass is 393 g/mol. The quantitative estimate of drug-likeness (QED) is 0.630. The molecular formula is C17H17F2N5O2S. The number of nitrogens with two attached hydrogens (primary N) is 1. The average Bonchev–Trinajstić information content (AvgIpc) is 2.93. The molecule has 0 amide bonds. The van der Waals surface area contributed by atoms with Crippen molar-refractivity contribution in [3.05, 3.63) is 35.9 Å². The normalized spacial score (nSPS) is 17.1. The van der Waals surface area contributed by atoms with Gasteiger partial charge in [-0.2, -0.15) is 5.10 Å². The van der Waals surface area contributed by atoms with E-state index in [9.17, 15) is 17.2 Å². The van der Waals surface area contributed by atoms with Crippen LogP contribution in [0.3, 0.4) is 0 Å². The first-order valence-electron chi connectivity index (χ1n) is 8.26. The smallest absolute Gasteiger partial charge is 0.251 e. The summed E-state index contributed by atoms with van der Waals surface area (Å²) in [6.45, 7) is 1.76. The fourth-order valence-electron chi connectivity index (χ4n) is 3.19. The van der Waals surface area contributed by atoms with Crippen molar-refractivity contribution in [3.8, 4) is 11.3 Å². The van der Waals surface area contributed by atoms with Gasteiger partial charge in [-0.25, -0.2) is 26.9 Å². The molecule has 142 valence electrons. The molecule has 0 radical (unpaired) electrons. The van der Waals surface area contributed by atoms with Gasteiger partial charge in [-0.1, -0.05) is 6.07 Å². The first-order chi connectivity index (χ1) is 12.6. The summed E-state index contributed by atoms with van der Waals surface area (Å²) >= 11 is 0. The lowest BCUT2D eigenvalue weighted by Gasteiger charge is -2.35. The Labute approximate surface area is 154 Å². The number of rotatable bonds is 4. The molecule has 0 unspecified atom stereocenters. The first kappa shape index (κ1) is 17.8. The minimum Gasteiger partial charge on any atom is -0.380 e. The van der Waals surface area contributed by atoms with E-state index < -0.39 is 34.8 Å². The van der Waals surface area contributed by atoms with Crippen LogP contribution in [0.25, 0.3) is 22.3 Å². The second-order valence-corrected chi connectivity index (χ2v) is 8.47. The van der Waals surface area contributed by atoms with Crippen LogP contribution in [0.2, 0.25) is 0 Å². The number of sulfonamides is 1. The number of pyridine rings is 1. The zero-order valence-corrected chi connectivity index (χ0v) is 15.1. The van der Waals surface area contributed by atoms with E-state index in [-0.39, 0.29) is 10.7 Å². The van der Waals surface area contributed by atoms with Crippen molar-refractivity contribution < 1.29 is 17.2 Å². The molecule has 0 saturated heterocycles. The molecule has 1 aliphatic carbocycles. The van der Waals surface area contributed by atoms with E-state index >= 15 is 0 Å². The molecule has 7 nitrogen and oxygen atoms in total. The van der Waals surface area contributed by atoms with Crippen LogP contribution in [0.4, 0.5) is 14.6 Å². The van der Waals surface area contributed by atoms with Gasteiger partial charge < -0.3 is 5.73 Å². The number of hydrogen-bond donors (Lipinski definition) is 3. The molecule has 0 aliphatic heterocycles. The summed E-state index contributed by atoms with van der Waals surface area (Å²) in [5.41, 5.74) is 9.08. The molecule has 2 aromatic heterocycles. The number of nitrogen functional groups attached to an aromatic ring is 1. The minimum absolute atomic E-state index is 0.0304. The molecule has 3 aromatic rings. The Bertz CT molecular complexity index is 1140. The largest absolute Gasteiger partial charge is 0.380 e. The van der Waals surface area contributed by atoms with Gasteiger partial charge >= 0.3 is 0 Å². The second kappa shape index (κ2) is 5.96. The van der Waals surface area contributed by atoms with Gasteiger partial charge in [-0.05, 0) is 36.8 Å². The van der Waals surface area contributed by atoms with E-state index in [0.717, 1.165) is 5.56 Å². The van der Waals surface area contributed by atoms with Crippen LogP contribution in [0.5, 0.6) is 0 Å². The van der Waals surface area contributed by atoms with E-state index in [0.29, 0.717) is 22.3 Å². The fraction of sp³-hybridized carbons (Fsp3) is 0.294. The van der Waals surface area contributed by atoms with Crippen LogP contribution in [0, 0.1) is 6.92 Å². The molecule has 0 spiro atoms. The summed E-state index contributed by atoms with van der Waals surface area (Å²) in [6, 6.07) is 7.42. The Balaban J connectivity index is 1.62. The molecule has 4 rings (SSSR count). The molecule has 4 N–H and O–H groups in total. The van der Waals surface area contributed by atoms with E-state index in [4.69, 9.17) is 5.73 Å². The number of aromatic nitrogens is 3. The van der Waals surface area contributed by atoms with E-state index in [2.05, 4.69) is 19.9 Å². The van der Waals surface area contributed by atoms with Gasteiger partial charge in [0, 0.05) is 24.4 Å². The number of hydrogen-bond acceptors (Lipinski definition) is 5. The van der Waals surface area contributed by atoms with Crippen molar-refractivity contribution in [2.45, 2.75) is 36.6 Å². The number of aryl methyl sites for hydroxylation is 1. The third-order valence-corrected chi connectivity index (χ3v) is 6.15. The van der Waals surface area contributed by atoms with Crippen LogP contribution >= 0.6 is 0 Å². The van der Waals surface area contributed by atoms with Crippen molar-refractivity contribution in [2.75, 3.05) is 5.73 Å². The SMILES string of the molecule is Cc1cc(S(=O)(=O)NC2CC(F)(F)C2)ccc1-c1ccc2[nH]nc(N)c2n1. The zero-order valence-electron chi connectivity index (χ0n) is 14.3. The molecule has 0 bridgehead atoms. The number of anilines is 1. The number of halogens is 2. The Morgan fingerprint density at radius 3 is 2.67 bits per heavy atom. The van der Waals surface area contributed by atoms with Gasteiger partial charge in [-0.15, -0.1) is 0 Å². The van der Waals surface area contributed by atoms with Crippen LogP contribution in [-0.4, -0.2) is 35.6 Å². The molecule has 27 heavy (non-hydrogen) atoms. The van der Waals surface area contributed by atoms with Gasteiger partial charge in [0.15, 0.2) is 5.82 Å². The highest BCUT2D eigenvalue weighted by molar-refractivity contribution is 7.89. The topological polar surface area (TPSA) is 114 Å². The Morgan fingerprint density at radius 1 is 1.26 bits per heavy atom. The van der Waals surface area contributed by atoms with Gasteiger partial charge in [-0.3, -0.25) is 5.10 Å². The van der Waals surface area contributed by atoms with Crippen LogP contribution in [0.1, 0.15) is 18.4 Å². The van der Waals surface area contributed by atoms with Crippen LogP contribution < -0.4 is 10.5 Å². The summed E-state index contributed by atoms with van der Waals surface area (Å²) in [5, 5.41) is 6.67. The number of nitrogens with one attached hydrogen (secondary N) is 2. The number of alkyl halides is 2. The third kappa shape index (κ3) is 3.26. The standard InChI is InChI=1S/C17H17F2N5O2S/c1-9-6-11(27(25,26)24-10-7-17(18,19)8-10)2-3-12(9)13-4-5-14-15(21-13)16(20)23-22-14/h2-6,10,24H,7-8H2,1H3,(H3,20,22,23). The van der Waals surface area contributed by atoms with Crippen molar-refractivity contribution in [1.29, 1.82) is 0 Å². The molecular weight excluding hydrogens is 376 g/mol. The van der Waals surface area contributed by atoms with Gasteiger partial charge in [0.05, 0.1) is 16.1 Å². The number of benzene rings is 1. The fourth-order valence-corrected chi connectivity index (χ4v) is 4.51. The summed E-state index contributed by atoms with van der Waals surface area (Å²) in [5.74, 6) is -2.50. The molecule has 2 heterocycles. The number of H-pyrrole nitrogens is 1. The highest BCUT2D eigenvalue weighted by Gasteiger charge is 2.46. The third-order valence-electron chi connectivity index (χ3n) is 4.63. The molecule has 1 saturated carbocycles. The number of nitrogens with zero attached hydrogens (tertiary/aromatic N) is 2. The molecule has 1 aliphatic rings. The predicted molar refractivity (Wildman–Crippen MR) is 96.8 cm³/mol. The van der Waals surface area contributed by atoms with Crippen molar-refractivity contribution in [1.82, 2.24) is 19.9 Å². The van der Waals surface area contributed by atoms with Crippen LogP contribution in [-0.2, 0) is 10.0 Å². The molecule has 1 fully saturated rings. The maximum absolute atomic E-state index is 12.9. The Morgan fingerprint density at radius 2 is 2.00 bits per heavy atom. The van der Waals surface area contributed by atoms with E-state index in [1.54, 1.807) is 25.1 Å². The lowest BCUT2D eigenvalue weighted by Crippen LogP contribution is -2.50. The summed E-state index contributed by atoms with van der Waals surface area (Å²) < 4.78 is 53.0. The zero-order chi connectivity index (χ0) is 19.4. The van der Waals surface area contributed by atoms with Crippen molar-refractivity contribution in [3.63, 3.8) is 0 Å². The lowest BCUT2D eigenvalue weighted by molar-refractivity contribution is -0.0876. The highest BCUT2D eigenvalue weighted by Crippen LogP contribution is 2.38. The lowest BCUT2D eigenvalue weighted by atomic mass is 9.89. The first-order valence-corrected chi connectivity index (χ1v) is 9.75. The van der Waals surface area contributed by atoms with Crippen molar-refractivity contribution in [2.24, 2.45) is 0 Å². The molecule has 10 heteroatoms. The molecule has 1 aromatic carbocycles. The maximum atomic E-state index is 12.9. The highest BCUT2D eigenvalue weighted by atomic mass is 32.2. The van der Waals surface area contributed by atoms with Gasteiger partial charge in [0.2, 0.25) is 10.0 Å². The van der Waals surface area contributed by atoms with Crippen LogP contribution in [0.15, 0.2) is 35.2 Å². The van der Waals surface area contributed by atoms with Gasteiger partial charge in [0.1, 0.15) is 5.52 Å². The Kier molecular flexibility index (Phi) is 3.93. The maximum Gasteiger partial charge on any atom is 0.251 e. The average molecular weight is 393 g/mol. The van der Waals surface area contributed by atoms with E-state index in [1.807, 2.05) is 0 Å².